The number of ether oxygens (including phenoxy) is 1. The number of carbonyl (C=O) groups excluding carboxylic acids is 2. The molecule has 120 valence electrons. The number of carbonyl (C=O) groups is 2. The van der Waals surface area contributed by atoms with Crippen molar-refractivity contribution in [1.29, 1.82) is 0 Å². The summed E-state index contributed by atoms with van der Waals surface area (Å²) in [6.07, 6.45) is 0.945. The van der Waals surface area contributed by atoms with E-state index in [0.717, 1.165) is 5.56 Å². The Morgan fingerprint density at radius 2 is 1.96 bits per heavy atom. The summed E-state index contributed by atoms with van der Waals surface area (Å²) in [5.74, 6) is -0.168. The summed E-state index contributed by atoms with van der Waals surface area (Å²) in [4.78, 5) is 28.8. The average Bonchev–Trinajstić information content (AvgIpc) is 2.55. The van der Waals surface area contributed by atoms with E-state index >= 15 is 0 Å². The van der Waals surface area contributed by atoms with E-state index in [4.69, 9.17) is 10.5 Å². The van der Waals surface area contributed by atoms with Gasteiger partial charge in [-0.3, -0.25) is 4.79 Å². The molecular formula is C16H18N4O3. The molecular weight excluding hydrogens is 296 g/mol. The first kappa shape index (κ1) is 16.3. The Kier molecular flexibility index (Phi) is 5.51. The SMILES string of the molecule is CN(CC(=O)Nc1cccnc1N)C(=O)OCc1ccccc1. The van der Waals surface area contributed by atoms with Gasteiger partial charge in [0.05, 0.1) is 5.69 Å². The molecule has 0 unspecified atom stereocenters. The van der Waals surface area contributed by atoms with Gasteiger partial charge in [0.1, 0.15) is 19.0 Å². The van der Waals surface area contributed by atoms with Crippen molar-refractivity contribution >= 4 is 23.5 Å². The molecule has 0 aliphatic rings. The van der Waals surface area contributed by atoms with Crippen molar-refractivity contribution in [3.8, 4) is 0 Å². The topological polar surface area (TPSA) is 97.5 Å². The predicted molar refractivity (Wildman–Crippen MR) is 86.5 cm³/mol. The van der Waals surface area contributed by atoms with Crippen molar-refractivity contribution in [2.45, 2.75) is 6.61 Å². The lowest BCUT2D eigenvalue weighted by molar-refractivity contribution is -0.116. The quantitative estimate of drug-likeness (QED) is 0.878. The summed E-state index contributed by atoms with van der Waals surface area (Å²) in [6.45, 7) is 0.00312. The molecule has 7 nitrogen and oxygen atoms in total. The van der Waals surface area contributed by atoms with Gasteiger partial charge in [-0.05, 0) is 17.7 Å². The van der Waals surface area contributed by atoms with Crippen molar-refractivity contribution in [2.24, 2.45) is 0 Å². The summed E-state index contributed by atoms with van der Waals surface area (Å²) in [5, 5.41) is 2.59. The molecule has 0 saturated carbocycles. The number of hydrogen-bond donors (Lipinski definition) is 2. The fraction of sp³-hybridized carbons (Fsp3) is 0.188. The largest absolute Gasteiger partial charge is 0.445 e. The number of nitrogens with two attached hydrogens (primary N) is 1. The zero-order chi connectivity index (χ0) is 16.7. The van der Waals surface area contributed by atoms with Crippen LogP contribution in [0, 0.1) is 0 Å². The zero-order valence-corrected chi connectivity index (χ0v) is 12.7. The van der Waals surface area contributed by atoms with Crippen LogP contribution in [0.1, 0.15) is 5.56 Å². The lowest BCUT2D eigenvalue weighted by Gasteiger charge is -2.17. The van der Waals surface area contributed by atoms with E-state index in [1.807, 2.05) is 30.3 Å². The van der Waals surface area contributed by atoms with Crippen LogP contribution < -0.4 is 11.1 Å². The molecule has 2 rings (SSSR count). The number of benzene rings is 1. The molecule has 1 aromatic carbocycles. The van der Waals surface area contributed by atoms with E-state index in [1.165, 1.54) is 18.1 Å². The fourth-order valence-corrected chi connectivity index (χ4v) is 1.82. The minimum Gasteiger partial charge on any atom is -0.445 e. The molecule has 2 amide bonds. The standard InChI is InChI=1S/C16H18N4O3/c1-20(16(22)23-11-12-6-3-2-4-7-12)10-14(21)19-13-8-5-9-18-15(13)17/h2-9H,10-11H2,1H3,(H2,17,18)(H,19,21). The first-order valence-corrected chi connectivity index (χ1v) is 6.98. The summed E-state index contributed by atoms with van der Waals surface area (Å²) in [7, 11) is 1.49. The smallest absolute Gasteiger partial charge is 0.410 e. The molecule has 0 aliphatic heterocycles. The van der Waals surface area contributed by atoms with Crippen molar-refractivity contribution in [2.75, 3.05) is 24.6 Å². The highest BCUT2D eigenvalue weighted by Gasteiger charge is 2.15. The number of pyridine rings is 1. The second kappa shape index (κ2) is 7.79. The van der Waals surface area contributed by atoms with Crippen LogP contribution in [0.25, 0.3) is 0 Å². The number of likely N-dealkylation sites (N-methyl/N-ethyl adjacent to an activating group) is 1. The molecule has 0 bridgehead atoms. The fourth-order valence-electron chi connectivity index (χ4n) is 1.82. The molecule has 23 heavy (non-hydrogen) atoms. The third-order valence-electron chi connectivity index (χ3n) is 3.01. The van der Waals surface area contributed by atoms with E-state index in [1.54, 1.807) is 12.1 Å². The summed E-state index contributed by atoms with van der Waals surface area (Å²) in [5.41, 5.74) is 6.92. The summed E-state index contributed by atoms with van der Waals surface area (Å²) >= 11 is 0. The molecule has 0 spiro atoms. The Bertz CT molecular complexity index is 676. The number of nitrogens with one attached hydrogen (secondary N) is 1. The van der Waals surface area contributed by atoms with Gasteiger partial charge in [-0.15, -0.1) is 0 Å². The first-order valence-electron chi connectivity index (χ1n) is 6.98. The van der Waals surface area contributed by atoms with Gasteiger partial charge in [0.15, 0.2) is 0 Å². The van der Waals surface area contributed by atoms with Crippen LogP contribution in [0.15, 0.2) is 48.7 Å². The molecule has 1 aromatic heterocycles. The second-order valence-corrected chi connectivity index (χ2v) is 4.88. The average molecular weight is 314 g/mol. The van der Waals surface area contributed by atoms with Gasteiger partial charge in [0.2, 0.25) is 5.91 Å². The molecule has 0 radical (unpaired) electrons. The van der Waals surface area contributed by atoms with Crippen LogP contribution in [-0.2, 0) is 16.1 Å². The number of amides is 2. The zero-order valence-electron chi connectivity index (χ0n) is 12.7. The monoisotopic (exact) mass is 314 g/mol. The van der Waals surface area contributed by atoms with Gasteiger partial charge in [0.25, 0.3) is 0 Å². The van der Waals surface area contributed by atoms with Crippen molar-refractivity contribution in [1.82, 2.24) is 9.88 Å². The highest BCUT2D eigenvalue weighted by atomic mass is 16.6. The molecule has 7 heteroatoms. The number of aromatic nitrogens is 1. The van der Waals surface area contributed by atoms with Crippen LogP contribution >= 0.6 is 0 Å². The van der Waals surface area contributed by atoms with E-state index in [2.05, 4.69) is 10.3 Å². The minimum atomic E-state index is -0.580. The summed E-state index contributed by atoms with van der Waals surface area (Å²) in [6, 6.07) is 12.6. The van der Waals surface area contributed by atoms with Gasteiger partial charge in [-0.25, -0.2) is 9.78 Å². The van der Waals surface area contributed by atoms with E-state index in [0.29, 0.717) is 5.69 Å². The van der Waals surface area contributed by atoms with Crippen molar-refractivity contribution in [3.05, 3.63) is 54.2 Å². The number of anilines is 2. The Balaban J connectivity index is 1.81. The molecule has 2 aromatic rings. The maximum Gasteiger partial charge on any atom is 0.410 e. The van der Waals surface area contributed by atoms with Gasteiger partial charge >= 0.3 is 6.09 Å². The molecule has 0 saturated heterocycles. The number of hydrogen-bond acceptors (Lipinski definition) is 5. The summed E-state index contributed by atoms with van der Waals surface area (Å²) < 4.78 is 5.13. The molecule has 3 N–H and O–H groups in total. The molecule has 0 aliphatic carbocycles. The second-order valence-electron chi connectivity index (χ2n) is 4.88. The Labute approximate surface area is 134 Å². The maximum atomic E-state index is 11.9. The van der Waals surface area contributed by atoms with Crippen LogP contribution in [-0.4, -0.2) is 35.5 Å². The van der Waals surface area contributed by atoms with E-state index in [-0.39, 0.29) is 24.9 Å². The number of nitrogens with zero attached hydrogens (tertiary/aromatic N) is 2. The third kappa shape index (κ3) is 4.99. The van der Waals surface area contributed by atoms with Crippen LogP contribution in [0.2, 0.25) is 0 Å². The predicted octanol–water partition coefficient (Wildman–Crippen LogP) is 1.87. The van der Waals surface area contributed by atoms with Gasteiger partial charge in [0, 0.05) is 13.2 Å². The first-order chi connectivity index (χ1) is 11.1. The maximum absolute atomic E-state index is 11.9. The highest BCUT2D eigenvalue weighted by Crippen LogP contribution is 2.13. The minimum absolute atomic E-state index is 0.151. The van der Waals surface area contributed by atoms with Gasteiger partial charge in [-0.2, -0.15) is 0 Å². The van der Waals surface area contributed by atoms with E-state index < -0.39 is 6.09 Å². The van der Waals surface area contributed by atoms with Crippen LogP contribution in [0.4, 0.5) is 16.3 Å². The van der Waals surface area contributed by atoms with Gasteiger partial charge in [-0.1, -0.05) is 30.3 Å². The number of rotatable bonds is 5. The Morgan fingerprint density at radius 3 is 2.65 bits per heavy atom. The van der Waals surface area contributed by atoms with Crippen LogP contribution in [0.3, 0.4) is 0 Å². The molecule has 1 heterocycles. The van der Waals surface area contributed by atoms with Crippen LogP contribution in [0.5, 0.6) is 0 Å². The van der Waals surface area contributed by atoms with E-state index in [9.17, 15) is 9.59 Å². The Hall–Kier alpha value is -3.09. The molecule has 0 fully saturated rings. The van der Waals surface area contributed by atoms with Crippen molar-refractivity contribution in [3.63, 3.8) is 0 Å². The lowest BCUT2D eigenvalue weighted by Crippen LogP contribution is -2.35. The van der Waals surface area contributed by atoms with Gasteiger partial charge < -0.3 is 20.7 Å². The highest BCUT2D eigenvalue weighted by molar-refractivity contribution is 5.95. The van der Waals surface area contributed by atoms with Crippen molar-refractivity contribution < 1.29 is 14.3 Å². The lowest BCUT2D eigenvalue weighted by atomic mass is 10.2. The molecule has 0 atom stereocenters. The third-order valence-corrected chi connectivity index (χ3v) is 3.01. The normalized spacial score (nSPS) is 9.96. The Morgan fingerprint density at radius 1 is 1.22 bits per heavy atom. The number of nitrogen functional groups attached to an aromatic ring is 1.